The lowest BCUT2D eigenvalue weighted by molar-refractivity contribution is -2.00. The van der Waals surface area contributed by atoms with E-state index in [0.29, 0.717) is 16.9 Å². The van der Waals surface area contributed by atoms with E-state index in [1.807, 2.05) is 38.7 Å². The molecule has 0 bridgehead atoms. The molecule has 0 aromatic carbocycles. The Labute approximate surface area is 218 Å². The van der Waals surface area contributed by atoms with Crippen molar-refractivity contribution in [3.8, 4) is 0 Å². The highest BCUT2D eigenvalue weighted by Gasteiger charge is 2.17. The van der Waals surface area contributed by atoms with E-state index in [4.69, 9.17) is 48.7 Å². The molecule has 4 N–H and O–H groups in total. The van der Waals surface area contributed by atoms with Crippen LogP contribution in [0.25, 0.3) is 0 Å². The minimum Gasteiger partial charge on any atom is -0.362 e. The number of anilines is 2. The number of rotatable bonds is 4. The lowest BCUT2D eigenvalue weighted by Gasteiger charge is -2.17. The molecule has 0 aliphatic rings. The average molecular weight is 583 g/mol. The Morgan fingerprint density at radius 3 is 1.55 bits per heavy atom. The third-order valence-corrected chi connectivity index (χ3v) is 4.75. The summed E-state index contributed by atoms with van der Waals surface area (Å²) in [4.78, 5) is 33.7. The van der Waals surface area contributed by atoms with E-state index < -0.39 is 31.7 Å². The summed E-state index contributed by atoms with van der Waals surface area (Å²) in [5.41, 5.74) is 12.4. The number of nitrogens with zero attached hydrogens (tertiary/aromatic N) is 6. The first-order chi connectivity index (χ1) is 17.2. The number of nitrogens with two attached hydrogens (primary N) is 2. The van der Waals surface area contributed by atoms with Crippen molar-refractivity contribution in [2.75, 3.05) is 11.5 Å². The van der Waals surface area contributed by atoms with Crippen molar-refractivity contribution in [1.82, 2.24) is 19.1 Å². The van der Waals surface area contributed by atoms with E-state index in [-0.39, 0.29) is 18.9 Å². The number of aryl methyl sites for hydroxylation is 4. The molecular weight excluding hydrogens is 559 g/mol. The van der Waals surface area contributed by atoms with Crippen LogP contribution in [0.1, 0.15) is 22.8 Å². The van der Waals surface area contributed by atoms with Crippen LogP contribution in [0.4, 0.5) is 11.6 Å². The first kappa shape index (κ1) is 32.7. The number of aromatic nitrogens is 6. The zero-order valence-electron chi connectivity index (χ0n) is 20.4. The van der Waals surface area contributed by atoms with E-state index in [2.05, 4.69) is 9.97 Å². The van der Waals surface area contributed by atoms with Gasteiger partial charge in [-0.05, 0) is 9.97 Å². The highest BCUT2D eigenvalue weighted by molar-refractivity contribution is 5.37. The quantitative estimate of drug-likeness (QED) is 0.269. The Morgan fingerprint density at radius 1 is 0.789 bits per heavy atom. The molecule has 0 atom stereocenters. The Balaban J connectivity index is 0.000000616. The highest BCUT2D eigenvalue weighted by Crippen LogP contribution is 2.08. The van der Waals surface area contributed by atoms with Gasteiger partial charge in [-0.2, -0.15) is 0 Å². The summed E-state index contributed by atoms with van der Waals surface area (Å²) in [6.07, 6.45) is 5.04. The van der Waals surface area contributed by atoms with Crippen molar-refractivity contribution in [3.63, 3.8) is 0 Å². The van der Waals surface area contributed by atoms with Gasteiger partial charge < -0.3 is 11.5 Å². The van der Waals surface area contributed by atoms with Crippen molar-refractivity contribution < 1.29 is 66.9 Å². The van der Waals surface area contributed by atoms with Crippen LogP contribution >= 0.6 is 0 Å². The molecule has 0 amide bonds. The molecule has 3 aromatic rings. The van der Waals surface area contributed by atoms with Gasteiger partial charge in [0.1, 0.15) is 12.4 Å². The van der Waals surface area contributed by atoms with E-state index in [9.17, 15) is 9.59 Å². The van der Waals surface area contributed by atoms with Crippen LogP contribution in [0, 0.1) is 34.3 Å². The largest absolute Gasteiger partial charge is 0.362 e. The summed E-state index contributed by atoms with van der Waals surface area (Å²) < 4.78 is 74.1. The van der Waals surface area contributed by atoms with Gasteiger partial charge in [0.2, 0.25) is 11.6 Å². The van der Waals surface area contributed by atoms with Gasteiger partial charge in [0.15, 0.2) is 0 Å². The zero-order chi connectivity index (χ0) is 29.6. The topological polar surface area (TPSA) is 314 Å². The molecule has 0 spiro atoms. The van der Waals surface area contributed by atoms with Gasteiger partial charge in [-0.3, -0.25) is 13.9 Å². The van der Waals surface area contributed by atoms with Crippen molar-refractivity contribution in [1.29, 1.82) is 0 Å². The van der Waals surface area contributed by atoms with Gasteiger partial charge in [0, 0.05) is 26.1 Å². The molecule has 0 fully saturated rings. The molecule has 0 radical (unpaired) electrons. The Kier molecular flexibility index (Phi) is 11.2. The second kappa shape index (κ2) is 13.0. The van der Waals surface area contributed by atoms with Crippen LogP contribution in [-0.4, -0.2) is 19.1 Å². The Morgan fingerprint density at radius 2 is 1.16 bits per heavy atom. The normalized spacial score (nSPS) is 11.3. The standard InChI is InChI=1S/C18H22N8O2.2ClHO4/c1-11-21-16(19)13(7-23(11)3)9-25-6-5-15(27)26(18(25)28)10-14-8-24(4)12(2)22-17(14)20;2*2-1(3,4)5/h5-8,19-20H,9-10H2,1-4H3;2*(H,2,3,4,5). The van der Waals surface area contributed by atoms with Gasteiger partial charge in [-0.1, -0.05) is 0 Å². The molecule has 18 nitrogen and oxygen atoms in total. The van der Waals surface area contributed by atoms with Crippen molar-refractivity contribution in [2.24, 2.45) is 14.1 Å². The van der Waals surface area contributed by atoms with Gasteiger partial charge in [-0.15, -0.1) is 20.5 Å². The third kappa shape index (κ3) is 11.4. The molecular formula is C18H24Cl2N8O10. The minimum atomic E-state index is -4.94. The maximum atomic E-state index is 12.9. The van der Waals surface area contributed by atoms with Crippen LogP contribution in [-0.2, 0) is 27.2 Å². The first-order valence-corrected chi connectivity index (χ1v) is 12.4. The van der Waals surface area contributed by atoms with Gasteiger partial charge >= 0.3 is 5.69 Å². The van der Waals surface area contributed by atoms with Gasteiger partial charge in [-0.25, -0.2) is 51.2 Å². The lowest BCUT2D eigenvalue weighted by Crippen LogP contribution is -2.68. The second-order valence-electron chi connectivity index (χ2n) is 7.53. The second-order valence-corrected chi connectivity index (χ2v) is 9.04. The fourth-order valence-corrected chi connectivity index (χ4v) is 2.86. The fourth-order valence-electron chi connectivity index (χ4n) is 2.86. The fraction of sp³-hybridized carbons (Fsp3) is 0.333. The SMILES string of the molecule is Cc1nc(N)c(Cn2ccc(=O)n(Cc3c[n+](C)c(C)nc3N)c2=O)c[n+]1C.[O-][Cl+3]([O-])([O-])[O-].[O-][Cl+3]([O-])([O-])[O-]. The molecule has 38 heavy (non-hydrogen) atoms. The van der Waals surface area contributed by atoms with Gasteiger partial charge in [0.05, 0.1) is 38.3 Å². The van der Waals surface area contributed by atoms with Crippen LogP contribution in [0.15, 0.2) is 34.2 Å². The van der Waals surface area contributed by atoms with E-state index in [0.717, 1.165) is 16.2 Å². The molecule has 0 saturated carbocycles. The third-order valence-electron chi connectivity index (χ3n) is 4.75. The van der Waals surface area contributed by atoms with E-state index in [1.54, 1.807) is 10.8 Å². The average Bonchev–Trinajstić information content (AvgIpc) is 2.72. The summed E-state index contributed by atoms with van der Waals surface area (Å²) in [6, 6.07) is 1.34. The minimum absolute atomic E-state index is 0.0286. The monoisotopic (exact) mass is 582 g/mol. The molecule has 20 heteroatoms. The molecule has 3 aromatic heterocycles. The molecule has 0 aliphatic carbocycles. The smallest absolute Gasteiger partial charge is 0.331 e. The molecule has 0 saturated heterocycles. The highest BCUT2D eigenvalue weighted by atomic mass is 35.7. The summed E-state index contributed by atoms with van der Waals surface area (Å²) in [7, 11) is -6.22. The Hall–Kier alpha value is -3.30. The predicted molar refractivity (Wildman–Crippen MR) is 102 cm³/mol. The van der Waals surface area contributed by atoms with Crippen molar-refractivity contribution >= 4 is 11.6 Å². The van der Waals surface area contributed by atoms with Gasteiger partial charge in [0.25, 0.3) is 17.2 Å². The zero-order valence-corrected chi connectivity index (χ0v) is 21.9. The van der Waals surface area contributed by atoms with Crippen LogP contribution in [0.5, 0.6) is 0 Å². The van der Waals surface area contributed by atoms with E-state index in [1.165, 1.54) is 16.8 Å². The maximum absolute atomic E-state index is 12.9. The Bertz CT molecular complexity index is 1360. The van der Waals surface area contributed by atoms with Crippen molar-refractivity contribution in [3.05, 3.63) is 68.3 Å². The number of hydrogen-bond donors (Lipinski definition) is 2. The van der Waals surface area contributed by atoms with E-state index >= 15 is 0 Å². The summed E-state index contributed by atoms with van der Waals surface area (Å²) in [5, 5.41) is 0. The molecule has 0 unspecified atom stereocenters. The molecule has 0 aliphatic heterocycles. The van der Waals surface area contributed by atoms with Crippen LogP contribution in [0.3, 0.4) is 0 Å². The molecule has 210 valence electrons. The maximum Gasteiger partial charge on any atom is 0.331 e. The molecule has 3 rings (SSSR count). The number of halogens is 2. The van der Waals surface area contributed by atoms with Crippen LogP contribution in [0.2, 0.25) is 0 Å². The van der Waals surface area contributed by atoms with Crippen molar-refractivity contribution in [2.45, 2.75) is 26.9 Å². The summed E-state index contributed by atoms with van der Waals surface area (Å²) in [5.74, 6) is 2.12. The number of hydrogen-bond acceptors (Lipinski definition) is 14. The summed E-state index contributed by atoms with van der Waals surface area (Å²) in [6.45, 7) is 3.89. The molecule has 3 heterocycles. The summed E-state index contributed by atoms with van der Waals surface area (Å²) >= 11 is 0. The predicted octanol–water partition coefficient (Wildman–Crippen LogP) is -11.2. The number of nitrogen functional groups attached to an aromatic ring is 2. The first-order valence-electron chi connectivity index (χ1n) is 9.94. The lowest BCUT2D eigenvalue weighted by atomic mass is 10.3. The van der Waals surface area contributed by atoms with Crippen LogP contribution < -0.4 is 69.1 Å².